The molecule has 4 rings (SSSR count). The van der Waals surface area contributed by atoms with Crippen molar-refractivity contribution < 1.29 is 19.7 Å². The van der Waals surface area contributed by atoms with Gasteiger partial charge in [-0.3, -0.25) is 4.79 Å². The summed E-state index contributed by atoms with van der Waals surface area (Å²) in [5.74, 6) is 0.262. The molecule has 4 fully saturated rings. The van der Waals surface area contributed by atoms with Crippen molar-refractivity contribution in [1.29, 1.82) is 0 Å². The molecule has 0 radical (unpaired) electrons. The molecular formula is C13H20O4. The summed E-state index contributed by atoms with van der Waals surface area (Å²) >= 11 is 0. The second kappa shape index (κ2) is 3.45. The lowest BCUT2D eigenvalue weighted by Crippen LogP contribution is -2.56. The summed E-state index contributed by atoms with van der Waals surface area (Å²) in [6, 6.07) is 0. The highest BCUT2D eigenvalue weighted by atomic mass is 16.5. The molecule has 4 heteroatoms. The SMILES string of the molecule is COC(=O)[C@H]1[C@@H](CO)[C@@H]2[C@@H](O)C[C@H]1[C@H]1C[C@]21C. The smallest absolute Gasteiger partial charge is 0.309 e. The van der Waals surface area contributed by atoms with E-state index in [1.54, 1.807) is 0 Å². The van der Waals surface area contributed by atoms with Gasteiger partial charge >= 0.3 is 5.97 Å². The number of methoxy groups -OCH3 is 1. The van der Waals surface area contributed by atoms with Gasteiger partial charge in [-0.1, -0.05) is 6.92 Å². The summed E-state index contributed by atoms with van der Waals surface area (Å²) in [5, 5.41) is 19.7. The van der Waals surface area contributed by atoms with Crippen LogP contribution in [0.3, 0.4) is 0 Å². The Balaban J connectivity index is 1.96. The molecule has 0 spiro atoms. The predicted molar refractivity (Wildman–Crippen MR) is 59.9 cm³/mol. The molecule has 4 nitrogen and oxygen atoms in total. The molecule has 0 aromatic heterocycles. The maximum absolute atomic E-state index is 11.9. The van der Waals surface area contributed by atoms with Crippen LogP contribution in [0.2, 0.25) is 0 Å². The second-order valence-electron chi connectivity index (χ2n) is 6.20. The summed E-state index contributed by atoms with van der Waals surface area (Å²) in [7, 11) is 1.40. The molecule has 17 heavy (non-hydrogen) atoms. The van der Waals surface area contributed by atoms with Crippen molar-refractivity contribution in [1.82, 2.24) is 0 Å². The summed E-state index contributed by atoms with van der Waals surface area (Å²) < 4.78 is 4.88. The molecule has 96 valence electrons. The molecule has 0 heterocycles. The number of carbonyl (C=O) groups excluding carboxylic acids is 1. The molecule has 7 atom stereocenters. The van der Waals surface area contributed by atoms with Crippen LogP contribution in [0.25, 0.3) is 0 Å². The van der Waals surface area contributed by atoms with Gasteiger partial charge in [0.15, 0.2) is 0 Å². The van der Waals surface area contributed by atoms with Gasteiger partial charge in [0.1, 0.15) is 0 Å². The molecule has 0 saturated heterocycles. The summed E-state index contributed by atoms with van der Waals surface area (Å²) in [4.78, 5) is 11.9. The van der Waals surface area contributed by atoms with Crippen molar-refractivity contribution in [3.05, 3.63) is 0 Å². The lowest BCUT2D eigenvalue weighted by Gasteiger charge is -2.52. The minimum absolute atomic E-state index is 0.0275. The summed E-state index contributed by atoms with van der Waals surface area (Å²) in [5.41, 5.74) is 0.153. The van der Waals surface area contributed by atoms with E-state index in [-0.39, 0.29) is 47.8 Å². The van der Waals surface area contributed by atoms with Crippen molar-refractivity contribution in [2.24, 2.45) is 35.0 Å². The lowest BCUT2D eigenvalue weighted by atomic mass is 9.54. The Morgan fingerprint density at radius 2 is 2.24 bits per heavy atom. The first-order valence-electron chi connectivity index (χ1n) is 6.41. The van der Waals surface area contributed by atoms with Gasteiger partial charge in [0.05, 0.1) is 19.1 Å². The Bertz CT molecular complexity index is 355. The minimum atomic E-state index is -0.359. The molecule has 2 N–H and O–H groups in total. The Labute approximate surface area is 101 Å². The normalized spacial score (nSPS) is 55.3. The van der Waals surface area contributed by atoms with Crippen LogP contribution in [-0.4, -0.2) is 36.0 Å². The third-order valence-electron chi connectivity index (χ3n) is 5.62. The van der Waals surface area contributed by atoms with E-state index in [0.29, 0.717) is 12.3 Å². The number of ether oxygens (including phenoxy) is 1. The third-order valence-corrected chi connectivity index (χ3v) is 5.62. The minimum Gasteiger partial charge on any atom is -0.469 e. The van der Waals surface area contributed by atoms with Gasteiger partial charge in [-0.05, 0) is 36.0 Å². The van der Waals surface area contributed by atoms with Crippen LogP contribution in [0.4, 0.5) is 0 Å². The highest BCUT2D eigenvalue weighted by Gasteiger charge is 2.72. The van der Waals surface area contributed by atoms with Crippen LogP contribution >= 0.6 is 0 Å². The summed E-state index contributed by atoms with van der Waals surface area (Å²) in [6.07, 6.45) is 1.42. The van der Waals surface area contributed by atoms with Gasteiger partial charge in [0.2, 0.25) is 0 Å². The van der Waals surface area contributed by atoms with Crippen molar-refractivity contribution in [2.45, 2.75) is 25.9 Å². The van der Waals surface area contributed by atoms with Gasteiger partial charge < -0.3 is 14.9 Å². The fourth-order valence-electron chi connectivity index (χ4n) is 4.89. The molecule has 4 saturated carbocycles. The zero-order valence-electron chi connectivity index (χ0n) is 10.3. The van der Waals surface area contributed by atoms with Crippen molar-refractivity contribution in [2.75, 3.05) is 13.7 Å². The van der Waals surface area contributed by atoms with Crippen molar-refractivity contribution >= 4 is 5.97 Å². The van der Waals surface area contributed by atoms with Gasteiger partial charge in [-0.15, -0.1) is 0 Å². The Morgan fingerprint density at radius 1 is 1.53 bits per heavy atom. The summed E-state index contributed by atoms with van der Waals surface area (Å²) in [6.45, 7) is 2.16. The van der Waals surface area contributed by atoms with Crippen LogP contribution in [0.15, 0.2) is 0 Å². The van der Waals surface area contributed by atoms with E-state index in [0.717, 1.165) is 6.42 Å². The predicted octanol–water partition coefficient (Wildman–Crippen LogP) is 0.421. The second-order valence-corrected chi connectivity index (χ2v) is 6.20. The third kappa shape index (κ3) is 1.28. The zero-order valence-corrected chi connectivity index (χ0v) is 10.3. The van der Waals surface area contributed by atoms with Gasteiger partial charge in [-0.2, -0.15) is 0 Å². The van der Waals surface area contributed by atoms with Gasteiger partial charge in [0.25, 0.3) is 0 Å². The van der Waals surface area contributed by atoms with Crippen LogP contribution in [0.5, 0.6) is 0 Å². The number of fused-ring (bicyclic) bond motifs is 2. The first-order chi connectivity index (χ1) is 8.04. The largest absolute Gasteiger partial charge is 0.469 e. The monoisotopic (exact) mass is 240 g/mol. The molecule has 0 amide bonds. The van der Waals surface area contributed by atoms with Gasteiger partial charge in [-0.25, -0.2) is 0 Å². The van der Waals surface area contributed by atoms with Crippen molar-refractivity contribution in [3.63, 3.8) is 0 Å². The number of aliphatic hydroxyl groups is 2. The zero-order chi connectivity index (χ0) is 12.4. The first-order valence-corrected chi connectivity index (χ1v) is 6.41. The first kappa shape index (κ1) is 11.5. The maximum Gasteiger partial charge on any atom is 0.309 e. The topological polar surface area (TPSA) is 66.8 Å². The lowest BCUT2D eigenvalue weighted by molar-refractivity contribution is -0.172. The van der Waals surface area contributed by atoms with Crippen LogP contribution in [0.1, 0.15) is 19.8 Å². The Kier molecular flexibility index (Phi) is 2.33. The average Bonchev–Trinajstić information content (AvgIpc) is 3.01. The highest BCUT2D eigenvalue weighted by molar-refractivity contribution is 5.74. The maximum atomic E-state index is 11.9. The molecule has 0 aromatic carbocycles. The molecule has 2 bridgehead atoms. The molecular weight excluding hydrogens is 220 g/mol. The quantitative estimate of drug-likeness (QED) is 0.687. The average molecular weight is 240 g/mol. The van der Waals surface area contributed by atoms with Crippen LogP contribution in [-0.2, 0) is 9.53 Å². The number of aliphatic hydroxyl groups excluding tert-OH is 2. The Morgan fingerprint density at radius 3 is 2.82 bits per heavy atom. The van der Waals surface area contributed by atoms with E-state index < -0.39 is 0 Å². The van der Waals surface area contributed by atoms with E-state index in [1.807, 2.05) is 0 Å². The standard InChI is InChI=1S/C13H20O4/c1-13-4-8(13)6-3-9(15)11(13)7(5-14)10(6)12(16)17-2/h6-11,14-15H,3-5H2,1-2H3/t6-,7+,8+,9-,10+,11+,13-/m0/s1. The van der Waals surface area contributed by atoms with Crippen LogP contribution < -0.4 is 0 Å². The fourth-order valence-corrected chi connectivity index (χ4v) is 4.89. The van der Waals surface area contributed by atoms with Gasteiger partial charge in [0, 0.05) is 12.5 Å². The van der Waals surface area contributed by atoms with E-state index in [9.17, 15) is 15.0 Å². The molecule has 0 unspecified atom stereocenters. The number of rotatable bonds is 2. The van der Waals surface area contributed by atoms with E-state index in [2.05, 4.69) is 6.92 Å². The fraction of sp³-hybridized carbons (Fsp3) is 0.923. The number of hydrogen-bond acceptors (Lipinski definition) is 4. The highest BCUT2D eigenvalue weighted by Crippen LogP contribution is 2.73. The van der Waals surface area contributed by atoms with E-state index in [1.165, 1.54) is 7.11 Å². The molecule has 4 aliphatic rings. The molecule has 4 aliphatic carbocycles. The van der Waals surface area contributed by atoms with E-state index in [4.69, 9.17) is 4.74 Å². The van der Waals surface area contributed by atoms with Crippen molar-refractivity contribution in [3.8, 4) is 0 Å². The number of carbonyl (C=O) groups is 1. The molecule has 0 aliphatic heterocycles. The number of esters is 1. The number of hydrogen-bond donors (Lipinski definition) is 2. The van der Waals surface area contributed by atoms with Crippen LogP contribution in [0, 0.1) is 35.0 Å². The Hall–Kier alpha value is -0.610. The van der Waals surface area contributed by atoms with E-state index >= 15 is 0 Å². The molecule has 0 aromatic rings.